The Hall–Kier alpha value is -2.56. The van der Waals surface area contributed by atoms with Crippen LogP contribution >= 0.6 is 0 Å². The zero-order valence-electron chi connectivity index (χ0n) is 17.0. The molecule has 144 valence electrons. The van der Waals surface area contributed by atoms with Crippen molar-refractivity contribution in [1.29, 1.82) is 0 Å². The van der Waals surface area contributed by atoms with Gasteiger partial charge in [-0.05, 0) is 63.9 Å². The van der Waals surface area contributed by atoms with Crippen LogP contribution in [0.1, 0.15) is 31.9 Å². The number of rotatable bonds is 2. The van der Waals surface area contributed by atoms with Crippen molar-refractivity contribution in [2.24, 2.45) is 0 Å². The number of nitrogens with zero attached hydrogens (tertiary/aromatic N) is 3. The molecular weight excluding hydrogens is 338 g/mol. The summed E-state index contributed by atoms with van der Waals surface area (Å²) < 4.78 is 5.47. The number of anilines is 1. The second kappa shape index (κ2) is 7.59. The molecule has 1 aromatic carbocycles. The molecule has 1 aliphatic heterocycles. The normalized spacial score (nSPS) is 15.0. The molecule has 5 nitrogen and oxygen atoms in total. The summed E-state index contributed by atoms with van der Waals surface area (Å²) in [6, 6.07) is 12.6. The summed E-state index contributed by atoms with van der Waals surface area (Å²) in [4.78, 5) is 21.1. The van der Waals surface area contributed by atoms with E-state index in [0.29, 0.717) is 13.1 Å². The fourth-order valence-corrected chi connectivity index (χ4v) is 3.11. The minimum atomic E-state index is -0.462. The van der Waals surface area contributed by atoms with Crippen LogP contribution in [0.2, 0.25) is 0 Å². The maximum Gasteiger partial charge on any atom is 0.410 e. The summed E-state index contributed by atoms with van der Waals surface area (Å²) >= 11 is 0. The van der Waals surface area contributed by atoms with Gasteiger partial charge in [0.15, 0.2) is 0 Å². The van der Waals surface area contributed by atoms with Crippen LogP contribution < -0.4 is 4.90 Å². The summed E-state index contributed by atoms with van der Waals surface area (Å²) in [6.07, 6.45) is -0.237. The maximum absolute atomic E-state index is 12.2. The molecule has 0 saturated carbocycles. The van der Waals surface area contributed by atoms with Gasteiger partial charge in [-0.3, -0.25) is 0 Å². The number of benzene rings is 1. The standard InChI is InChI=1S/C22H29N3O2/c1-16-9-10-18(15-17(16)2)19-7-6-8-20(23-19)24-11-13-25(14-12-24)21(26)27-22(3,4)5/h6-10,15H,11-14H2,1-5H3. The number of amides is 1. The van der Waals surface area contributed by atoms with Crippen LogP contribution in [0, 0.1) is 13.8 Å². The molecule has 0 aliphatic carbocycles. The van der Waals surface area contributed by atoms with Crippen molar-refractivity contribution in [1.82, 2.24) is 9.88 Å². The number of ether oxygens (including phenoxy) is 1. The quantitative estimate of drug-likeness (QED) is 0.788. The number of aryl methyl sites for hydroxylation is 2. The smallest absolute Gasteiger partial charge is 0.410 e. The highest BCUT2D eigenvalue weighted by Gasteiger charge is 2.26. The van der Waals surface area contributed by atoms with Crippen LogP contribution in [0.15, 0.2) is 36.4 Å². The number of aromatic nitrogens is 1. The van der Waals surface area contributed by atoms with Crippen molar-refractivity contribution in [3.8, 4) is 11.3 Å². The third-order valence-electron chi connectivity index (χ3n) is 4.79. The number of carbonyl (C=O) groups is 1. The van der Waals surface area contributed by atoms with E-state index in [1.807, 2.05) is 39.0 Å². The highest BCUT2D eigenvalue weighted by Crippen LogP contribution is 2.24. The monoisotopic (exact) mass is 367 g/mol. The first-order valence-electron chi connectivity index (χ1n) is 9.50. The fourth-order valence-electron chi connectivity index (χ4n) is 3.11. The summed E-state index contributed by atoms with van der Waals surface area (Å²) in [5.41, 5.74) is 4.20. The van der Waals surface area contributed by atoms with Crippen LogP contribution in [0.4, 0.5) is 10.6 Å². The minimum Gasteiger partial charge on any atom is -0.444 e. The van der Waals surface area contributed by atoms with Gasteiger partial charge < -0.3 is 14.5 Å². The molecule has 1 saturated heterocycles. The molecule has 3 rings (SSSR count). The fraction of sp³-hybridized carbons (Fsp3) is 0.455. The Bertz CT molecular complexity index is 819. The Morgan fingerprint density at radius 3 is 2.33 bits per heavy atom. The van der Waals surface area contributed by atoms with Gasteiger partial charge in [-0.15, -0.1) is 0 Å². The van der Waals surface area contributed by atoms with Crippen molar-refractivity contribution >= 4 is 11.9 Å². The lowest BCUT2D eigenvalue weighted by Gasteiger charge is -2.36. The Labute approximate surface area is 162 Å². The van der Waals surface area contributed by atoms with E-state index < -0.39 is 5.60 Å². The van der Waals surface area contributed by atoms with Crippen molar-refractivity contribution in [3.05, 3.63) is 47.5 Å². The topological polar surface area (TPSA) is 45.7 Å². The van der Waals surface area contributed by atoms with Gasteiger partial charge in [-0.1, -0.05) is 18.2 Å². The highest BCUT2D eigenvalue weighted by atomic mass is 16.6. The predicted octanol–water partition coefficient (Wildman–Crippen LogP) is 4.42. The van der Waals surface area contributed by atoms with E-state index >= 15 is 0 Å². The number of carbonyl (C=O) groups excluding carboxylic acids is 1. The first kappa shape index (κ1) is 19.2. The second-order valence-electron chi connectivity index (χ2n) is 8.13. The zero-order valence-corrected chi connectivity index (χ0v) is 17.0. The molecule has 2 heterocycles. The summed E-state index contributed by atoms with van der Waals surface area (Å²) in [7, 11) is 0. The molecule has 0 N–H and O–H groups in total. The molecule has 2 aromatic rings. The average molecular weight is 367 g/mol. The first-order chi connectivity index (χ1) is 12.7. The average Bonchev–Trinajstić information content (AvgIpc) is 2.63. The Balaban J connectivity index is 1.68. The third kappa shape index (κ3) is 4.79. The maximum atomic E-state index is 12.2. The summed E-state index contributed by atoms with van der Waals surface area (Å²) in [6.45, 7) is 12.7. The molecule has 0 bridgehead atoms. The lowest BCUT2D eigenvalue weighted by atomic mass is 10.0. The van der Waals surface area contributed by atoms with E-state index in [0.717, 1.165) is 30.2 Å². The molecule has 1 amide bonds. The van der Waals surface area contributed by atoms with Crippen molar-refractivity contribution in [3.63, 3.8) is 0 Å². The molecule has 1 aromatic heterocycles. The predicted molar refractivity (Wildman–Crippen MR) is 109 cm³/mol. The van der Waals surface area contributed by atoms with Crippen LogP contribution in [0.5, 0.6) is 0 Å². The largest absolute Gasteiger partial charge is 0.444 e. The number of hydrogen-bond donors (Lipinski definition) is 0. The summed E-state index contributed by atoms with van der Waals surface area (Å²) in [5.74, 6) is 0.953. The van der Waals surface area contributed by atoms with Crippen molar-refractivity contribution < 1.29 is 9.53 Å². The summed E-state index contributed by atoms with van der Waals surface area (Å²) in [5, 5.41) is 0. The molecule has 0 atom stereocenters. The van der Waals surface area contributed by atoms with Gasteiger partial charge in [0, 0.05) is 31.7 Å². The van der Waals surface area contributed by atoms with Gasteiger partial charge in [-0.25, -0.2) is 9.78 Å². The Kier molecular flexibility index (Phi) is 5.40. The van der Waals surface area contributed by atoms with Gasteiger partial charge in [0.2, 0.25) is 0 Å². The van der Waals surface area contributed by atoms with E-state index in [1.165, 1.54) is 11.1 Å². The molecule has 0 radical (unpaired) electrons. The van der Waals surface area contributed by atoms with Crippen LogP contribution in [0.3, 0.4) is 0 Å². The molecule has 0 spiro atoms. The zero-order chi connectivity index (χ0) is 19.6. The van der Waals surface area contributed by atoms with Gasteiger partial charge in [0.1, 0.15) is 11.4 Å². The Morgan fingerprint density at radius 2 is 1.70 bits per heavy atom. The van der Waals surface area contributed by atoms with Gasteiger partial charge >= 0.3 is 6.09 Å². The second-order valence-corrected chi connectivity index (χ2v) is 8.13. The Morgan fingerprint density at radius 1 is 1.00 bits per heavy atom. The van der Waals surface area contributed by atoms with Crippen LogP contribution in [0.25, 0.3) is 11.3 Å². The van der Waals surface area contributed by atoms with E-state index in [-0.39, 0.29) is 6.09 Å². The molecule has 1 aliphatic rings. The van der Waals surface area contributed by atoms with Gasteiger partial charge in [0.05, 0.1) is 5.69 Å². The van der Waals surface area contributed by atoms with E-state index in [2.05, 4.69) is 36.9 Å². The highest BCUT2D eigenvalue weighted by molar-refractivity contribution is 5.69. The molecule has 5 heteroatoms. The molecule has 27 heavy (non-hydrogen) atoms. The molecule has 1 fully saturated rings. The first-order valence-corrected chi connectivity index (χ1v) is 9.50. The van der Waals surface area contributed by atoms with Crippen LogP contribution in [-0.2, 0) is 4.74 Å². The van der Waals surface area contributed by atoms with Crippen molar-refractivity contribution in [2.75, 3.05) is 31.1 Å². The van der Waals surface area contributed by atoms with Gasteiger partial charge in [-0.2, -0.15) is 0 Å². The number of hydrogen-bond acceptors (Lipinski definition) is 4. The van der Waals surface area contributed by atoms with Crippen molar-refractivity contribution in [2.45, 2.75) is 40.2 Å². The molecular formula is C22H29N3O2. The van der Waals surface area contributed by atoms with Gasteiger partial charge in [0.25, 0.3) is 0 Å². The number of pyridine rings is 1. The van der Waals surface area contributed by atoms with E-state index in [9.17, 15) is 4.79 Å². The lowest BCUT2D eigenvalue weighted by Crippen LogP contribution is -2.50. The lowest BCUT2D eigenvalue weighted by molar-refractivity contribution is 0.0240. The minimum absolute atomic E-state index is 0.237. The van der Waals surface area contributed by atoms with E-state index in [1.54, 1.807) is 4.90 Å². The van der Waals surface area contributed by atoms with Crippen LogP contribution in [-0.4, -0.2) is 47.8 Å². The SMILES string of the molecule is Cc1ccc(-c2cccc(N3CCN(C(=O)OC(C)(C)C)CC3)n2)cc1C. The van der Waals surface area contributed by atoms with E-state index in [4.69, 9.17) is 9.72 Å². The molecule has 0 unspecified atom stereocenters. The number of piperazine rings is 1. The third-order valence-corrected chi connectivity index (χ3v) is 4.79.